The van der Waals surface area contributed by atoms with Crippen molar-refractivity contribution < 1.29 is 14.3 Å². The standard InChI is InChI=1S/C16H26O3/c1-3-19-15(17)14(10-18-2)16-7-11-4-12(8-16)6-13(5-11)9-16/h11-14H,3-10H2,1-2H3. The summed E-state index contributed by atoms with van der Waals surface area (Å²) < 4.78 is 10.7. The van der Waals surface area contributed by atoms with Gasteiger partial charge in [0.15, 0.2) is 0 Å². The summed E-state index contributed by atoms with van der Waals surface area (Å²) in [5, 5.41) is 0. The number of hydrogen-bond donors (Lipinski definition) is 0. The Hall–Kier alpha value is -0.570. The first kappa shape index (κ1) is 13.4. The van der Waals surface area contributed by atoms with E-state index < -0.39 is 0 Å². The molecule has 1 atom stereocenters. The molecular weight excluding hydrogens is 240 g/mol. The molecule has 19 heavy (non-hydrogen) atoms. The lowest BCUT2D eigenvalue weighted by atomic mass is 9.46. The van der Waals surface area contributed by atoms with Gasteiger partial charge in [0, 0.05) is 7.11 Å². The third-order valence-corrected chi connectivity index (χ3v) is 5.73. The van der Waals surface area contributed by atoms with Crippen molar-refractivity contribution >= 4 is 5.97 Å². The molecule has 0 aromatic rings. The number of carbonyl (C=O) groups excluding carboxylic acids is 1. The molecule has 0 aromatic carbocycles. The molecule has 0 saturated heterocycles. The van der Waals surface area contributed by atoms with Crippen LogP contribution < -0.4 is 0 Å². The topological polar surface area (TPSA) is 35.5 Å². The van der Waals surface area contributed by atoms with Crippen molar-refractivity contribution in [3.8, 4) is 0 Å². The molecular formula is C16H26O3. The van der Waals surface area contributed by atoms with Crippen LogP contribution in [-0.2, 0) is 14.3 Å². The molecule has 3 heteroatoms. The molecule has 0 aromatic heterocycles. The van der Waals surface area contributed by atoms with Gasteiger partial charge in [0.2, 0.25) is 0 Å². The molecule has 0 amide bonds. The molecule has 3 nitrogen and oxygen atoms in total. The second-order valence-electron chi connectivity index (χ2n) is 7.04. The van der Waals surface area contributed by atoms with Gasteiger partial charge in [0.05, 0.1) is 19.1 Å². The largest absolute Gasteiger partial charge is 0.466 e. The fourth-order valence-corrected chi connectivity index (χ4v) is 5.51. The Labute approximate surface area is 116 Å². The van der Waals surface area contributed by atoms with Crippen molar-refractivity contribution in [2.75, 3.05) is 20.3 Å². The number of ether oxygens (including phenoxy) is 2. The van der Waals surface area contributed by atoms with Crippen molar-refractivity contribution in [1.82, 2.24) is 0 Å². The van der Waals surface area contributed by atoms with E-state index in [9.17, 15) is 4.79 Å². The van der Waals surface area contributed by atoms with Crippen LogP contribution in [0.1, 0.15) is 45.4 Å². The minimum absolute atomic E-state index is 0.0219. The number of esters is 1. The molecule has 0 radical (unpaired) electrons. The fraction of sp³-hybridized carbons (Fsp3) is 0.938. The molecule has 4 aliphatic carbocycles. The van der Waals surface area contributed by atoms with Crippen LogP contribution in [0.5, 0.6) is 0 Å². The molecule has 1 unspecified atom stereocenters. The zero-order valence-electron chi connectivity index (χ0n) is 12.2. The highest BCUT2D eigenvalue weighted by molar-refractivity contribution is 5.73. The van der Waals surface area contributed by atoms with Gasteiger partial charge in [0.25, 0.3) is 0 Å². The second kappa shape index (κ2) is 5.08. The van der Waals surface area contributed by atoms with E-state index in [1.165, 1.54) is 38.5 Å². The van der Waals surface area contributed by atoms with Crippen LogP contribution in [0.3, 0.4) is 0 Å². The summed E-state index contributed by atoms with van der Waals surface area (Å²) in [6, 6.07) is 0. The lowest BCUT2D eigenvalue weighted by Gasteiger charge is -2.58. The van der Waals surface area contributed by atoms with E-state index in [4.69, 9.17) is 9.47 Å². The molecule has 108 valence electrons. The molecule has 0 heterocycles. The lowest BCUT2D eigenvalue weighted by Crippen LogP contribution is -2.52. The van der Waals surface area contributed by atoms with Crippen molar-refractivity contribution in [2.24, 2.45) is 29.1 Å². The number of rotatable bonds is 5. The Balaban J connectivity index is 1.82. The Morgan fingerprint density at radius 2 is 1.68 bits per heavy atom. The molecule has 4 saturated carbocycles. The van der Waals surface area contributed by atoms with Gasteiger partial charge in [-0.1, -0.05) is 0 Å². The summed E-state index contributed by atoms with van der Waals surface area (Å²) in [6.45, 7) is 2.90. The Bertz CT molecular complexity index is 315. The number of hydrogen-bond acceptors (Lipinski definition) is 3. The molecule has 4 bridgehead atoms. The van der Waals surface area contributed by atoms with Crippen molar-refractivity contribution in [2.45, 2.75) is 45.4 Å². The van der Waals surface area contributed by atoms with Gasteiger partial charge < -0.3 is 9.47 Å². The van der Waals surface area contributed by atoms with Crippen LogP contribution in [0.4, 0.5) is 0 Å². The Morgan fingerprint density at radius 3 is 2.11 bits per heavy atom. The van der Waals surface area contributed by atoms with E-state index in [-0.39, 0.29) is 17.3 Å². The summed E-state index contributed by atoms with van der Waals surface area (Å²) >= 11 is 0. The van der Waals surface area contributed by atoms with E-state index in [0.717, 1.165) is 17.8 Å². The van der Waals surface area contributed by atoms with Crippen LogP contribution in [0.2, 0.25) is 0 Å². The molecule has 0 N–H and O–H groups in total. The van der Waals surface area contributed by atoms with Gasteiger partial charge in [-0.2, -0.15) is 0 Å². The van der Waals surface area contributed by atoms with E-state index in [1.807, 2.05) is 6.92 Å². The lowest BCUT2D eigenvalue weighted by molar-refractivity contribution is -0.168. The average Bonchev–Trinajstić information content (AvgIpc) is 2.34. The Kier molecular flexibility index (Phi) is 3.59. The van der Waals surface area contributed by atoms with Gasteiger partial charge in [0.1, 0.15) is 0 Å². The summed E-state index contributed by atoms with van der Waals surface area (Å²) in [5.41, 5.74) is 0.191. The van der Waals surface area contributed by atoms with Crippen molar-refractivity contribution in [3.63, 3.8) is 0 Å². The highest BCUT2D eigenvalue weighted by Gasteiger charge is 2.56. The smallest absolute Gasteiger partial charge is 0.311 e. The summed E-state index contributed by atoms with van der Waals surface area (Å²) in [7, 11) is 1.70. The van der Waals surface area contributed by atoms with E-state index in [2.05, 4.69) is 0 Å². The minimum Gasteiger partial charge on any atom is -0.466 e. The predicted octanol–water partition coefficient (Wildman–Crippen LogP) is 3.03. The molecule has 4 rings (SSSR count). The second-order valence-corrected chi connectivity index (χ2v) is 7.04. The number of methoxy groups -OCH3 is 1. The van der Waals surface area contributed by atoms with Crippen LogP contribution in [0, 0.1) is 29.1 Å². The zero-order chi connectivity index (χ0) is 13.5. The van der Waals surface area contributed by atoms with Crippen LogP contribution in [0.25, 0.3) is 0 Å². The molecule has 0 aliphatic heterocycles. The van der Waals surface area contributed by atoms with Crippen LogP contribution in [-0.4, -0.2) is 26.3 Å². The van der Waals surface area contributed by atoms with Crippen molar-refractivity contribution in [3.05, 3.63) is 0 Å². The first-order valence-electron chi connectivity index (χ1n) is 7.82. The maximum absolute atomic E-state index is 12.3. The third kappa shape index (κ3) is 2.31. The van der Waals surface area contributed by atoms with Crippen LogP contribution in [0.15, 0.2) is 0 Å². The highest BCUT2D eigenvalue weighted by Crippen LogP contribution is 2.62. The van der Waals surface area contributed by atoms with Gasteiger partial charge in [-0.3, -0.25) is 4.79 Å². The zero-order valence-corrected chi connectivity index (χ0v) is 12.2. The average molecular weight is 266 g/mol. The maximum atomic E-state index is 12.3. The SMILES string of the molecule is CCOC(=O)C(COC)C12CC3CC(CC(C3)C1)C2. The third-order valence-electron chi connectivity index (χ3n) is 5.73. The Morgan fingerprint density at radius 1 is 1.16 bits per heavy atom. The highest BCUT2D eigenvalue weighted by atomic mass is 16.5. The normalized spacial score (nSPS) is 41.3. The first-order valence-corrected chi connectivity index (χ1v) is 7.82. The van der Waals surface area contributed by atoms with Gasteiger partial charge in [-0.15, -0.1) is 0 Å². The van der Waals surface area contributed by atoms with E-state index in [1.54, 1.807) is 7.11 Å². The molecule has 0 spiro atoms. The van der Waals surface area contributed by atoms with Gasteiger partial charge >= 0.3 is 5.97 Å². The molecule has 4 fully saturated rings. The maximum Gasteiger partial charge on any atom is 0.311 e. The number of carbonyl (C=O) groups is 1. The van der Waals surface area contributed by atoms with E-state index in [0.29, 0.717) is 13.2 Å². The molecule has 4 aliphatic rings. The monoisotopic (exact) mass is 266 g/mol. The van der Waals surface area contributed by atoms with Gasteiger partial charge in [-0.25, -0.2) is 0 Å². The fourth-order valence-electron chi connectivity index (χ4n) is 5.51. The predicted molar refractivity (Wildman–Crippen MR) is 72.6 cm³/mol. The summed E-state index contributed by atoms with van der Waals surface area (Å²) in [4.78, 5) is 12.3. The first-order chi connectivity index (χ1) is 9.16. The quantitative estimate of drug-likeness (QED) is 0.718. The summed E-state index contributed by atoms with van der Waals surface area (Å²) in [5.74, 6) is 2.53. The minimum atomic E-state index is -0.0363. The van der Waals surface area contributed by atoms with Crippen molar-refractivity contribution in [1.29, 1.82) is 0 Å². The van der Waals surface area contributed by atoms with Gasteiger partial charge in [-0.05, 0) is 68.6 Å². The van der Waals surface area contributed by atoms with Crippen LogP contribution >= 0.6 is 0 Å². The summed E-state index contributed by atoms with van der Waals surface area (Å²) in [6.07, 6.45) is 7.90. The van der Waals surface area contributed by atoms with E-state index >= 15 is 0 Å².